The van der Waals surface area contributed by atoms with Crippen LogP contribution in [0.25, 0.3) is 0 Å². The molecule has 1 unspecified atom stereocenters. The zero-order valence-electron chi connectivity index (χ0n) is 11.5. The van der Waals surface area contributed by atoms with Crippen LogP contribution in [0.4, 0.5) is 4.39 Å². The molecule has 0 aromatic heterocycles. The molecule has 1 atom stereocenters. The Hall–Kier alpha value is -0.600. The van der Waals surface area contributed by atoms with Gasteiger partial charge in [0.15, 0.2) is 0 Å². The molecule has 3 heteroatoms. The number of rotatable bonds is 7. The van der Waals surface area contributed by atoms with Crippen molar-refractivity contribution in [2.45, 2.75) is 40.0 Å². The Morgan fingerprint density at radius 1 is 1.33 bits per heavy atom. The minimum absolute atomic E-state index is 0.191. The van der Waals surface area contributed by atoms with Gasteiger partial charge >= 0.3 is 0 Å². The highest BCUT2D eigenvalue weighted by molar-refractivity contribution is 6.30. The lowest BCUT2D eigenvalue weighted by Gasteiger charge is -2.29. The fourth-order valence-corrected chi connectivity index (χ4v) is 2.22. The second-order valence-corrected chi connectivity index (χ2v) is 5.67. The molecule has 18 heavy (non-hydrogen) atoms. The first-order chi connectivity index (χ1) is 8.50. The van der Waals surface area contributed by atoms with Crippen LogP contribution in [0.15, 0.2) is 18.2 Å². The third-order valence-electron chi connectivity index (χ3n) is 3.45. The summed E-state index contributed by atoms with van der Waals surface area (Å²) in [6.45, 7) is 8.63. The normalized spacial score (nSPS) is 14.5. The molecule has 1 rings (SSSR count). The SMILES string of the molecule is CCCNCC(C)(CC)Cc1ccc(F)c(Cl)c1. The highest BCUT2D eigenvalue weighted by Gasteiger charge is 2.22. The Labute approximate surface area is 115 Å². The van der Waals surface area contributed by atoms with Crippen LogP contribution >= 0.6 is 11.6 Å². The summed E-state index contributed by atoms with van der Waals surface area (Å²) in [5.41, 5.74) is 1.29. The van der Waals surface area contributed by atoms with Crippen molar-refractivity contribution in [1.29, 1.82) is 0 Å². The number of hydrogen-bond donors (Lipinski definition) is 1. The molecular formula is C15H23ClFN. The monoisotopic (exact) mass is 271 g/mol. The van der Waals surface area contributed by atoms with Crippen LogP contribution < -0.4 is 5.32 Å². The van der Waals surface area contributed by atoms with Gasteiger partial charge in [-0.05, 0) is 48.9 Å². The molecule has 0 spiro atoms. The summed E-state index contributed by atoms with van der Waals surface area (Å²) in [6.07, 6.45) is 3.14. The molecule has 0 bridgehead atoms. The summed E-state index contributed by atoms with van der Waals surface area (Å²) in [6, 6.07) is 5.02. The van der Waals surface area contributed by atoms with E-state index in [2.05, 4.69) is 26.1 Å². The zero-order chi connectivity index (χ0) is 13.6. The summed E-state index contributed by atoms with van der Waals surface area (Å²) in [5, 5.41) is 3.68. The first-order valence-corrected chi connectivity index (χ1v) is 7.03. The van der Waals surface area contributed by atoms with E-state index < -0.39 is 0 Å². The van der Waals surface area contributed by atoms with Crippen LogP contribution in [-0.2, 0) is 6.42 Å². The van der Waals surface area contributed by atoms with Crippen molar-refractivity contribution in [3.8, 4) is 0 Å². The topological polar surface area (TPSA) is 12.0 Å². The summed E-state index contributed by atoms with van der Waals surface area (Å²) < 4.78 is 13.1. The standard InChI is InChI=1S/C15H23ClFN/c1-4-8-18-11-15(3,5-2)10-12-6-7-14(17)13(16)9-12/h6-7,9,18H,4-5,8,10-11H2,1-3H3. The number of nitrogens with one attached hydrogen (secondary N) is 1. The lowest BCUT2D eigenvalue weighted by atomic mass is 9.81. The van der Waals surface area contributed by atoms with Gasteiger partial charge in [0.1, 0.15) is 5.82 Å². The van der Waals surface area contributed by atoms with Gasteiger partial charge in [-0.15, -0.1) is 0 Å². The van der Waals surface area contributed by atoms with Crippen molar-refractivity contribution < 1.29 is 4.39 Å². The van der Waals surface area contributed by atoms with E-state index in [0.29, 0.717) is 0 Å². The fourth-order valence-electron chi connectivity index (χ4n) is 2.02. The van der Waals surface area contributed by atoms with Crippen LogP contribution in [-0.4, -0.2) is 13.1 Å². The summed E-state index contributed by atoms with van der Waals surface area (Å²) >= 11 is 5.82. The molecule has 0 aliphatic heterocycles. The van der Waals surface area contributed by atoms with E-state index in [0.717, 1.165) is 37.9 Å². The molecule has 1 aromatic rings. The third-order valence-corrected chi connectivity index (χ3v) is 3.74. The molecule has 0 heterocycles. The van der Waals surface area contributed by atoms with Crippen molar-refractivity contribution in [3.05, 3.63) is 34.6 Å². The maximum atomic E-state index is 13.1. The number of benzene rings is 1. The van der Waals surface area contributed by atoms with E-state index >= 15 is 0 Å². The maximum absolute atomic E-state index is 13.1. The van der Waals surface area contributed by atoms with E-state index in [1.807, 2.05) is 6.07 Å². The molecule has 0 saturated carbocycles. The summed E-state index contributed by atoms with van der Waals surface area (Å²) in [7, 11) is 0. The quantitative estimate of drug-likeness (QED) is 0.723. The molecule has 1 aromatic carbocycles. The lowest BCUT2D eigenvalue weighted by Crippen LogP contribution is -2.33. The smallest absolute Gasteiger partial charge is 0.141 e. The van der Waals surface area contributed by atoms with Crippen molar-refractivity contribution in [1.82, 2.24) is 5.32 Å². The van der Waals surface area contributed by atoms with Gasteiger partial charge in [0.25, 0.3) is 0 Å². The first-order valence-electron chi connectivity index (χ1n) is 6.65. The van der Waals surface area contributed by atoms with Crippen LogP contribution in [0.3, 0.4) is 0 Å². The van der Waals surface area contributed by atoms with Crippen LogP contribution in [0.1, 0.15) is 39.2 Å². The molecule has 0 fully saturated rings. The van der Waals surface area contributed by atoms with Gasteiger partial charge in [-0.25, -0.2) is 4.39 Å². The summed E-state index contributed by atoms with van der Waals surface area (Å²) in [4.78, 5) is 0. The largest absolute Gasteiger partial charge is 0.316 e. The molecule has 1 nitrogen and oxygen atoms in total. The highest BCUT2D eigenvalue weighted by Crippen LogP contribution is 2.27. The molecule has 0 aliphatic carbocycles. The van der Waals surface area contributed by atoms with Gasteiger partial charge in [-0.2, -0.15) is 0 Å². The van der Waals surface area contributed by atoms with E-state index in [9.17, 15) is 4.39 Å². The number of hydrogen-bond acceptors (Lipinski definition) is 1. The maximum Gasteiger partial charge on any atom is 0.141 e. The lowest BCUT2D eigenvalue weighted by molar-refractivity contribution is 0.291. The van der Waals surface area contributed by atoms with Gasteiger partial charge in [-0.3, -0.25) is 0 Å². The van der Waals surface area contributed by atoms with Crippen LogP contribution in [0, 0.1) is 11.2 Å². The number of halogens is 2. The second-order valence-electron chi connectivity index (χ2n) is 5.27. The predicted octanol–water partition coefficient (Wildman–Crippen LogP) is 4.44. The minimum atomic E-state index is -0.345. The van der Waals surface area contributed by atoms with E-state index in [1.165, 1.54) is 6.07 Å². The Morgan fingerprint density at radius 2 is 2.06 bits per heavy atom. The van der Waals surface area contributed by atoms with E-state index in [4.69, 9.17) is 11.6 Å². The van der Waals surface area contributed by atoms with Gasteiger partial charge in [0.05, 0.1) is 5.02 Å². The van der Waals surface area contributed by atoms with Gasteiger partial charge in [0.2, 0.25) is 0 Å². The molecule has 0 radical (unpaired) electrons. The predicted molar refractivity (Wildman–Crippen MR) is 76.7 cm³/mol. The van der Waals surface area contributed by atoms with Crippen molar-refractivity contribution in [2.24, 2.45) is 5.41 Å². The van der Waals surface area contributed by atoms with Crippen LogP contribution in [0.2, 0.25) is 5.02 Å². The first kappa shape index (κ1) is 15.5. The van der Waals surface area contributed by atoms with Gasteiger partial charge < -0.3 is 5.32 Å². The molecule has 102 valence electrons. The average molecular weight is 272 g/mol. The minimum Gasteiger partial charge on any atom is -0.316 e. The van der Waals surface area contributed by atoms with Crippen molar-refractivity contribution in [3.63, 3.8) is 0 Å². The second kappa shape index (κ2) is 7.10. The van der Waals surface area contributed by atoms with Crippen molar-refractivity contribution >= 4 is 11.6 Å². The zero-order valence-corrected chi connectivity index (χ0v) is 12.3. The molecule has 0 aliphatic rings. The molecule has 1 N–H and O–H groups in total. The highest BCUT2D eigenvalue weighted by atomic mass is 35.5. The summed E-state index contributed by atoms with van der Waals surface area (Å²) in [5.74, 6) is -0.345. The average Bonchev–Trinajstić information content (AvgIpc) is 2.34. The Kier molecular flexibility index (Phi) is 6.10. The Bertz CT molecular complexity index is 381. The Balaban J connectivity index is 2.68. The molecule has 0 saturated heterocycles. The van der Waals surface area contributed by atoms with Gasteiger partial charge in [0, 0.05) is 6.54 Å². The van der Waals surface area contributed by atoms with Crippen molar-refractivity contribution in [2.75, 3.05) is 13.1 Å². The van der Waals surface area contributed by atoms with E-state index in [1.54, 1.807) is 6.07 Å². The van der Waals surface area contributed by atoms with Crippen LogP contribution in [0.5, 0.6) is 0 Å². The van der Waals surface area contributed by atoms with Gasteiger partial charge in [-0.1, -0.05) is 38.4 Å². The molecule has 0 amide bonds. The Morgan fingerprint density at radius 3 is 2.61 bits per heavy atom. The molecular weight excluding hydrogens is 249 g/mol. The van der Waals surface area contributed by atoms with E-state index in [-0.39, 0.29) is 16.3 Å². The third kappa shape index (κ3) is 4.58. The fraction of sp³-hybridized carbons (Fsp3) is 0.600.